The van der Waals surface area contributed by atoms with E-state index in [1.54, 1.807) is 43.3 Å². The van der Waals surface area contributed by atoms with E-state index in [4.69, 9.17) is 23.2 Å². The highest BCUT2D eigenvalue weighted by atomic mass is 35.5. The van der Waals surface area contributed by atoms with Crippen LogP contribution < -0.4 is 21.3 Å². The standard InChI is InChI=1S/C19H20Cl2N4O3/c1-2-17(26)24-13-4-3-5-14(11-13)25-19(28)23-9-8-22-18(27)12-6-7-15(20)16(21)10-12/h3-7,10-11H,2,8-9H2,1H3,(H,22,27)(H,24,26)(H2,23,25,28). The summed E-state index contributed by atoms with van der Waals surface area (Å²) >= 11 is 11.7. The normalized spacial score (nSPS) is 10.1. The number of carbonyl (C=O) groups is 3. The molecule has 0 fully saturated rings. The molecule has 148 valence electrons. The molecule has 2 aromatic carbocycles. The zero-order chi connectivity index (χ0) is 20.5. The fourth-order valence-electron chi connectivity index (χ4n) is 2.19. The van der Waals surface area contributed by atoms with Crippen LogP contribution in [0.4, 0.5) is 16.2 Å². The smallest absolute Gasteiger partial charge is 0.319 e. The van der Waals surface area contributed by atoms with Gasteiger partial charge in [0, 0.05) is 36.4 Å². The second kappa shape index (κ2) is 10.5. The third-order valence-electron chi connectivity index (χ3n) is 3.60. The lowest BCUT2D eigenvalue weighted by molar-refractivity contribution is -0.115. The summed E-state index contributed by atoms with van der Waals surface area (Å²) in [6.07, 6.45) is 0.367. The Hall–Kier alpha value is -2.77. The van der Waals surface area contributed by atoms with E-state index < -0.39 is 6.03 Å². The molecule has 2 rings (SSSR count). The van der Waals surface area contributed by atoms with Crippen molar-refractivity contribution in [1.82, 2.24) is 10.6 Å². The van der Waals surface area contributed by atoms with Crippen molar-refractivity contribution in [2.45, 2.75) is 13.3 Å². The minimum Gasteiger partial charge on any atom is -0.350 e. The predicted molar refractivity (Wildman–Crippen MR) is 111 cm³/mol. The van der Waals surface area contributed by atoms with Gasteiger partial charge in [0.15, 0.2) is 0 Å². The maximum absolute atomic E-state index is 12.0. The van der Waals surface area contributed by atoms with E-state index in [0.29, 0.717) is 33.4 Å². The second-order valence-corrected chi connectivity index (χ2v) is 6.56. The predicted octanol–water partition coefficient (Wildman–Crippen LogP) is 3.89. The van der Waals surface area contributed by atoms with Crippen molar-refractivity contribution in [3.8, 4) is 0 Å². The summed E-state index contributed by atoms with van der Waals surface area (Å²) in [6.45, 7) is 2.22. The summed E-state index contributed by atoms with van der Waals surface area (Å²) in [7, 11) is 0. The average Bonchev–Trinajstić information content (AvgIpc) is 2.67. The first-order chi connectivity index (χ1) is 13.4. The van der Waals surface area contributed by atoms with Crippen LogP contribution in [0.1, 0.15) is 23.7 Å². The number of nitrogens with one attached hydrogen (secondary N) is 4. The molecular weight excluding hydrogens is 403 g/mol. The molecule has 0 atom stereocenters. The molecule has 0 saturated carbocycles. The number of rotatable bonds is 7. The SMILES string of the molecule is CCC(=O)Nc1cccc(NC(=O)NCCNC(=O)c2ccc(Cl)c(Cl)c2)c1. The van der Waals surface area contributed by atoms with E-state index >= 15 is 0 Å². The van der Waals surface area contributed by atoms with Crippen LogP contribution in [0.15, 0.2) is 42.5 Å². The molecule has 0 aliphatic rings. The molecule has 4 amide bonds. The van der Waals surface area contributed by atoms with Crippen LogP contribution in [-0.2, 0) is 4.79 Å². The van der Waals surface area contributed by atoms with Gasteiger partial charge in [0.05, 0.1) is 10.0 Å². The van der Waals surface area contributed by atoms with E-state index in [2.05, 4.69) is 21.3 Å². The Morgan fingerprint density at radius 1 is 0.857 bits per heavy atom. The van der Waals surface area contributed by atoms with Gasteiger partial charge < -0.3 is 21.3 Å². The van der Waals surface area contributed by atoms with Crippen LogP contribution in [0.2, 0.25) is 10.0 Å². The summed E-state index contributed by atoms with van der Waals surface area (Å²) in [5.41, 5.74) is 1.51. The first-order valence-corrected chi connectivity index (χ1v) is 9.32. The molecule has 0 aliphatic carbocycles. The van der Waals surface area contributed by atoms with Gasteiger partial charge in [-0.05, 0) is 36.4 Å². The molecule has 0 aliphatic heterocycles. The van der Waals surface area contributed by atoms with Gasteiger partial charge in [0.25, 0.3) is 5.91 Å². The molecular formula is C19H20Cl2N4O3. The second-order valence-electron chi connectivity index (χ2n) is 5.75. The molecule has 0 bridgehead atoms. The number of amides is 4. The Morgan fingerprint density at radius 2 is 1.54 bits per heavy atom. The maximum atomic E-state index is 12.0. The fourth-order valence-corrected chi connectivity index (χ4v) is 2.49. The van der Waals surface area contributed by atoms with Gasteiger partial charge in [-0.25, -0.2) is 4.79 Å². The maximum Gasteiger partial charge on any atom is 0.319 e. The van der Waals surface area contributed by atoms with Crippen LogP contribution in [0.25, 0.3) is 0 Å². The largest absolute Gasteiger partial charge is 0.350 e. The number of carbonyl (C=O) groups excluding carboxylic acids is 3. The summed E-state index contributed by atoms with van der Waals surface area (Å²) in [5.74, 6) is -0.431. The van der Waals surface area contributed by atoms with Crippen molar-refractivity contribution in [3.05, 3.63) is 58.1 Å². The average molecular weight is 423 g/mol. The van der Waals surface area contributed by atoms with E-state index in [9.17, 15) is 14.4 Å². The third kappa shape index (κ3) is 6.75. The molecule has 2 aromatic rings. The molecule has 0 radical (unpaired) electrons. The van der Waals surface area contributed by atoms with Gasteiger partial charge in [0.2, 0.25) is 5.91 Å². The summed E-state index contributed by atoms with van der Waals surface area (Å²) < 4.78 is 0. The Morgan fingerprint density at radius 3 is 2.21 bits per heavy atom. The van der Waals surface area contributed by atoms with Crippen molar-refractivity contribution < 1.29 is 14.4 Å². The highest BCUT2D eigenvalue weighted by Crippen LogP contribution is 2.22. The number of anilines is 2. The molecule has 7 nitrogen and oxygen atoms in total. The van der Waals surface area contributed by atoms with Crippen molar-refractivity contribution in [2.24, 2.45) is 0 Å². The number of urea groups is 1. The highest BCUT2D eigenvalue weighted by molar-refractivity contribution is 6.42. The molecule has 9 heteroatoms. The number of halogens is 2. The minimum absolute atomic E-state index is 0.112. The number of benzene rings is 2. The number of hydrogen-bond acceptors (Lipinski definition) is 3. The zero-order valence-corrected chi connectivity index (χ0v) is 16.7. The minimum atomic E-state index is -0.428. The van der Waals surface area contributed by atoms with Crippen LogP contribution in [-0.4, -0.2) is 30.9 Å². The van der Waals surface area contributed by atoms with Gasteiger partial charge in [0.1, 0.15) is 0 Å². The van der Waals surface area contributed by atoms with Crippen LogP contribution in [0.5, 0.6) is 0 Å². The molecule has 0 aromatic heterocycles. The Kier molecular flexibility index (Phi) is 8.10. The fraction of sp³-hybridized carbons (Fsp3) is 0.211. The van der Waals surface area contributed by atoms with Gasteiger partial charge in [-0.15, -0.1) is 0 Å². The van der Waals surface area contributed by atoms with E-state index in [1.807, 2.05) is 0 Å². The topological polar surface area (TPSA) is 99.3 Å². The third-order valence-corrected chi connectivity index (χ3v) is 4.34. The van der Waals surface area contributed by atoms with E-state index in [-0.39, 0.29) is 24.9 Å². The lowest BCUT2D eigenvalue weighted by Crippen LogP contribution is -2.36. The van der Waals surface area contributed by atoms with E-state index in [0.717, 1.165) is 0 Å². The van der Waals surface area contributed by atoms with Crippen molar-refractivity contribution in [1.29, 1.82) is 0 Å². The summed E-state index contributed by atoms with van der Waals surface area (Å²) in [6, 6.07) is 11.0. The lowest BCUT2D eigenvalue weighted by atomic mass is 10.2. The Bertz CT molecular complexity index is 874. The summed E-state index contributed by atoms with van der Waals surface area (Å²) in [4.78, 5) is 35.4. The first kappa shape index (κ1) is 21.5. The molecule has 0 saturated heterocycles. The molecule has 0 spiro atoms. The molecule has 4 N–H and O–H groups in total. The van der Waals surface area contributed by atoms with Crippen molar-refractivity contribution in [2.75, 3.05) is 23.7 Å². The Labute approximate surface area is 172 Å². The summed E-state index contributed by atoms with van der Waals surface area (Å²) in [5, 5.41) is 11.3. The monoisotopic (exact) mass is 422 g/mol. The highest BCUT2D eigenvalue weighted by Gasteiger charge is 2.08. The quantitative estimate of drug-likeness (QED) is 0.509. The molecule has 0 heterocycles. The lowest BCUT2D eigenvalue weighted by Gasteiger charge is -2.10. The molecule has 0 unspecified atom stereocenters. The van der Waals surface area contributed by atoms with Gasteiger partial charge >= 0.3 is 6.03 Å². The van der Waals surface area contributed by atoms with Gasteiger partial charge in [-0.1, -0.05) is 36.2 Å². The van der Waals surface area contributed by atoms with Crippen LogP contribution in [0.3, 0.4) is 0 Å². The van der Waals surface area contributed by atoms with Crippen LogP contribution in [0, 0.1) is 0 Å². The van der Waals surface area contributed by atoms with Crippen LogP contribution >= 0.6 is 23.2 Å². The van der Waals surface area contributed by atoms with Gasteiger partial charge in [-0.2, -0.15) is 0 Å². The van der Waals surface area contributed by atoms with Gasteiger partial charge in [-0.3, -0.25) is 9.59 Å². The zero-order valence-electron chi connectivity index (χ0n) is 15.1. The van der Waals surface area contributed by atoms with Crippen molar-refractivity contribution >= 4 is 52.4 Å². The van der Waals surface area contributed by atoms with Crippen molar-refractivity contribution in [3.63, 3.8) is 0 Å². The van der Waals surface area contributed by atoms with E-state index in [1.165, 1.54) is 6.07 Å². The number of hydrogen-bond donors (Lipinski definition) is 4. The Balaban J connectivity index is 1.75. The molecule has 28 heavy (non-hydrogen) atoms. The first-order valence-electron chi connectivity index (χ1n) is 8.57.